The summed E-state index contributed by atoms with van der Waals surface area (Å²) < 4.78 is 15.7. The number of H-pyrrole nitrogens is 1. The second-order valence-electron chi connectivity index (χ2n) is 4.95. The minimum Gasteiger partial charge on any atom is -0.250 e. The summed E-state index contributed by atoms with van der Waals surface area (Å²) in [5.74, 6) is 0.435. The van der Waals surface area contributed by atoms with Crippen molar-refractivity contribution < 1.29 is 4.39 Å². The first-order chi connectivity index (χ1) is 10.3. The van der Waals surface area contributed by atoms with Crippen molar-refractivity contribution in [2.45, 2.75) is 19.3 Å². The Morgan fingerprint density at radius 3 is 3.00 bits per heavy atom. The summed E-state index contributed by atoms with van der Waals surface area (Å²) >= 11 is 5.18. The van der Waals surface area contributed by atoms with E-state index in [2.05, 4.69) is 27.5 Å². The number of nitrogens with one attached hydrogen (secondary N) is 1. The van der Waals surface area contributed by atoms with Crippen LogP contribution >= 0.6 is 12.2 Å². The lowest BCUT2D eigenvalue weighted by Gasteiger charge is -2.12. The van der Waals surface area contributed by atoms with E-state index in [4.69, 9.17) is 12.2 Å². The number of halogens is 1. The highest BCUT2D eigenvalue weighted by Crippen LogP contribution is 2.21. The highest BCUT2D eigenvalue weighted by Gasteiger charge is 2.13. The van der Waals surface area contributed by atoms with Crippen LogP contribution < -0.4 is 0 Å². The summed E-state index contributed by atoms with van der Waals surface area (Å²) in [6.07, 6.45) is 9.32. The van der Waals surface area contributed by atoms with E-state index in [0.717, 1.165) is 19.3 Å². The molecule has 4 nitrogen and oxygen atoms in total. The number of aromatic nitrogens is 3. The molecule has 1 N–H and O–H groups in total. The van der Waals surface area contributed by atoms with Crippen LogP contribution in [0, 0.1) is 16.5 Å². The van der Waals surface area contributed by atoms with Crippen molar-refractivity contribution in [1.29, 1.82) is 0 Å². The molecule has 3 rings (SSSR count). The second kappa shape index (κ2) is 6.13. The van der Waals surface area contributed by atoms with Gasteiger partial charge in [-0.2, -0.15) is 14.9 Å². The zero-order chi connectivity index (χ0) is 14.7. The molecule has 2 aromatic rings. The Balaban J connectivity index is 1.94. The van der Waals surface area contributed by atoms with Gasteiger partial charge in [0.25, 0.3) is 0 Å². The van der Waals surface area contributed by atoms with Gasteiger partial charge in [0, 0.05) is 6.21 Å². The Morgan fingerprint density at radius 1 is 1.38 bits per heavy atom. The van der Waals surface area contributed by atoms with Crippen LogP contribution in [-0.4, -0.2) is 21.1 Å². The van der Waals surface area contributed by atoms with E-state index in [1.165, 1.54) is 10.7 Å². The smallest absolute Gasteiger partial charge is 0.216 e. The van der Waals surface area contributed by atoms with Gasteiger partial charge in [0.15, 0.2) is 5.82 Å². The number of aromatic amines is 1. The lowest BCUT2D eigenvalue weighted by atomic mass is 9.96. The number of hydrogen-bond acceptors (Lipinski definition) is 3. The van der Waals surface area contributed by atoms with Crippen molar-refractivity contribution in [3.63, 3.8) is 0 Å². The Bertz CT molecular complexity index is 744. The maximum Gasteiger partial charge on any atom is 0.216 e. The standard InChI is InChI=1S/C15H15FN4S/c16-13-9-5-4-8-12(13)14-18-19-15(21)20(14)17-10-11-6-2-1-3-7-11/h1-2,4-5,8-11H,3,6-7H2,(H,19,21)/b17-10-/t11-/m0/s1. The number of benzene rings is 1. The van der Waals surface area contributed by atoms with Crippen molar-refractivity contribution in [3.8, 4) is 11.4 Å². The van der Waals surface area contributed by atoms with E-state index < -0.39 is 0 Å². The van der Waals surface area contributed by atoms with Gasteiger partial charge in [-0.1, -0.05) is 24.3 Å². The fraction of sp³-hybridized carbons (Fsp3) is 0.267. The summed E-state index contributed by atoms with van der Waals surface area (Å²) in [7, 11) is 0. The zero-order valence-electron chi connectivity index (χ0n) is 11.4. The van der Waals surface area contributed by atoms with Crippen LogP contribution in [0.15, 0.2) is 41.5 Å². The monoisotopic (exact) mass is 302 g/mol. The van der Waals surface area contributed by atoms with Crippen LogP contribution in [0.3, 0.4) is 0 Å². The molecule has 0 bridgehead atoms. The fourth-order valence-electron chi connectivity index (χ4n) is 2.33. The third-order valence-corrected chi connectivity index (χ3v) is 3.73. The summed E-state index contributed by atoms with van der Waals surface area (Å²) in [4.78, 5) is 0. The van der Waals surface area contributed by atoms with Crippen LogP contribution in [0.5, 0.6) is 0 Å². The Labute approximate surface area is 127 Å². The second-order valence-corrected chi connectivity index (χ2v) is 5.34. The van der Waals surface area contributed by atoms with E-state index in [-0.39, 0.29) is 5.82 Å². The van der Waals surface area contributed by atoms with Crippen LogP contribution in [0.1, 0.15) is 19.3 Å². The fourth-order valence-corrected chi connectivity index (χ4v) is 2.51. The number of nitrogens with zero attached hydrogens (tertiary/aromatic N) is 3. The molecule has 0 aliphatic heterocycles. The van der Waals surface area contributed by atoms with E-state index in [1.54, 1.807) is 18.2 Å². The number of allylic oxidation sites excluding steroid dienone is 2. The van der Waals surface area contributed by atoms with Gasteiger partial charge >= 0.3 is 0 Å². The molecule has 0 amide bonds. The zero-order valence-corrected chi connectivity index (χ0v) is 12.2. The first kappa shape index (κ1) is 13.9. The summed E-state index contributed by atoms with van der Waals surface area (Å²) in [6, 6.07) is 6.46. The molecule has 0 fully saturated rings. The normalized spacial score (nSPS) is 18.4. The Hall–Kier alpha value is -2.08. The van der Waals surface area contributed by atoms with Gasteiger partial charge in [-0.3, -0.25) is 0 Å². The number of hydrogen-bond donors (Lipinski definition) is 1. The maximum atomic E-state index is 13.9. The molecule has 0 saturated heterocycles. The predicted octanol–water partition coefficient (Wildman–Crippen LogP) is 3.94. The summed E-state index contributed by atoms with van der Waals surface area (Å²) in [5.41, 5.74) is 0.380. The molecule has 1 aliphatic rings. The van der Waals surface area contributed by atoms with Crippen molar-refractivity contribution in [1.82, 2.24) is 14.9 Å². The van der Waals surface area contributed by atoms with Gasteiger partial charge in [-0.25, -0.2) is 9.49 Å². The topological polar surface area (TPSA) is 46.0 Å². The molecule has 6 heteroatoms. The third-order valence-electron chi connectivity index (χ3n) is 3.47. The van der Waals surface area contributed by atoms with Gasteiger partial charge in [0.05, 0.1) is 5.56 Å². The van der Waals surface area contributed by atoms with E-state index >= 15 is 0 Å². The molecule has 0 radical (unpaired) electrons. The first-order valence-corrected chi connectivity index (χ1v) is 7.28. The lowest BCUT2D eigenvalue weighted by Crippen LogP contribution is -2.06. The molecule has 0 unspecified atom stereocenters. The molecule has 1 aliphatic carbocycles. The minimum absolute atomic E-state index is 0.344. The van der Waals surface area contributed by atoms with Crippen molar-refractivity contribution in [2.24, 2.45) is 11.0 Å². The van der Waals surface area contributed by atoms with Crippen LogP contribution in [0.25, 0.3) is 11.4 Å². The molecule has 108 valence electrons. The molecule has 1 heterocycles. The van der Waals surface area contributed by atoms with Crippen LogP contribution in [-0.2, 0) is 0 Å². The van der Waals surface area contributed by atoms with Gasteiger partial charge in [0.2, 0.25) is 4.77 Å². The average molecular weight is 302 g/mol. The van der Waals surface area contributed by atoms with Gasteiger partial charge in [-0.15, -0.1) is 0 Å². The molecule has 21 heavy (non-hydrogen) atoms. The molecule has 1 aromatic carbocycles. The Morgan fingerprint density at radius 2 is 2.24 bits per heavy atom. The first-order valence-electron chi connectivity index (χ1n) is 6.87. The van der Waals surface area contributed by atoms with E-state index in [1.807, 2.05) is 6.21 Å². The van der Waals surface area contributed by atoms with E-state index in [0.29, 0.717) is 22.1 Å². The largest absolute Gasteiger partial charge is 0.250 e. The van der Waals surface area contributed by atoms with Crippen LogP contribution in [0.2, 0.25) is 0 Å². The van der Waals surface area contributed by atoms with E-state index in [9.17, 15) is 4.39 Å². The maximum absolute atomic E-state index is 13.9. The van der Waals surface area contributed by atoms with Crippen molar-refractivity contribution in [2.75, 3.05) is 0 Å². The predicted molar refractivity (Wildman–Crippen MR) is 83.2 cm³/mol. The van der Waals surface area contributed by atoms with Gasteiger partial charge in [0.1, 0.15) is 5.82 Å². The SMILES string of the molecule is Fc1ccccc1-c1n[nH]c(=S)n1/N=C\[C@H]1CC=CCC1. The summed E-state index contributed by atoms with van der Waals surface area (Å²) in [6.45, 7) is 0. The van der Waals surface area contributed by atoms with Crippen LogP contribution in [0.4, 0.5) is 4.39 Å². The molecule has 1 atom stereocenters. The van der Waals surface area contributed by atoms with Gasteiger partial charge in [-0.05, 0) is 49.5 Å². The lowest BCUT2D eigenvalue weighted by molar-refractivity contribution is 0.620. The molecule has 0 spiro atoms. The molecule has 0 saturated carbocycles. The minimum atomic E-state index is -0.344. The highest BCUT2D eigenvalue weighted by molar-refractivity contribution is 7.71. The average Bonchev–Trinajstić information content (AvgIpc) is 2.88. The van der Waals surface area contributed by atoms with Gasteiger partial charge < -0.3 is 0 Å². The quantitative estimate of drug-likeness (QED) is 0.530. The molecular weight excluding hydrogens is 287 g/mol. The third kappa shape index (κ3) is 3.00. The highest BCUT2D eigenvalue weighted by atomic mass is 32.1. The van der Waals surface area contributed by atoms with Crippen molar-refractivity contribution in [3.05, 3.63) is 47.0 Å². The van der Waals surface area contributed by atoms with Crippen molar-refractivity contribution >= 4 is 18.4 Å². The Kier molecular flexibility index (Phi) is 4.06. The molecule has 1 aromatic heterocycles. The number of rotatable bonds is 3. The summed E-state index contributed by atoms with van der Waals surface area (Å²) in [5, 5.41) is 11.2. The molecular formula is C15H15FN4S.